The molecule has 2 aromatic carbocycles. The van der Waals surface area contributed by atoms with Crippen LogP contribution >= 0.6 is 15.9 Å². The van der Waals surface area contributed by atoms with Gasteiger partial charge in [0.25, 0.3) is 0 Å². The average molecular weight is 318 g/mol. The van der Waals surface area contributed by atoms with Crippen LogP contribution in [0.2, 0.25) is 0 Å². The molecule has 2 aromatic rings. The number of aryl methyl sites for hydroxylation is 1. The number of anilines is 1. The molecule has 0 saturated carbocycles. The van der Waals surface area contributed by atoms with Gasteiger partial charge in [-0.05, 0) is 64.5 Å². The van der Waals surface area contributed by atoms with E-state index in [0.717, 1.165) is 28.8 Å². The van der Waals surface area contributed by atoms with Crippen LogP contribution in [0.4, 0.5) is 5.69 Å². The molecule has 0 radical (unpaired) electrons. The number of rotatable bonds is 2. The second kappa shape index (κ2) is 5.25. The maximum atomic E-state index is 6.17. The molecule has 0 heterocycles. The Morgan fingerprint density at radius 2 is 2.00 bits per heavy atom. The van der Waals surface area contributed by atoms with Gasteiger partial charge in [-0.3, -0.25) is 0 Å². The van der Waals surface area contributed by atoms with E-state index in [4.69, 9.17) is 10.5 Å². The van der Waals surface area contributed by atoms with Gasteiger partial charge in [-0.15, -0.1) is 0 Å². The standard InChI is InChI=1S/C16H16BrNO/c17-14-10-12(18)8-9-16(14)19-15-7-3-5-11-4-1-2-6-13(11)15/h1-2,4,6,8-10,15H,3,5,7,18H2. The molecule has 3 rings (SSSR count). The van der Waals surface area contributed by atoms with Crippen LogP contribution < -0.4 is 10.5 Å². The minimum atomic E-state index is 0.143. The minimum absolute atomic E-state index is 0.143. The van der Waals surface area contributed by atoms with Gasteiger partial charge in [-0.25, -0.2) is 0 Å². The fraction of sp³-hybridized carbons (Fsp3) is 0.250. The number of ether oxygens (including phenoxy) is 1. The number of nitrogen functional groups attached to an aromatic ring is 1. The lowest BCUT2D eigenvalue weighted by Crippen LogP contribution is -2.15. The molecule has 1 aliphatic carbocycles. The number of halogens is 1. The second-order valence-corrected chi connectivity index (χ2v) is 5.74. The Balaban J connectivity index is 1.88. The molecule has 3 heteroatoms. The summed E-state index contributed by atoms with van der Waals surface area (Å²) in [5.74, 6) is 0.857. The van der Waals surface area contributed by atoms with Crippen LogP contribution in [0, 0.1) is 0 Å². The molecule has 0 fully saturated rings. The largest absolute Gasteiger partial charge is 0.485 e. The zero-order valence-electron chi connectivity index (χ0n) is 10.6. The topological polar surface area (TPSA) is 35.2 Å². The third-order valence-electron chi connectivity index (χ3n) is 3.54. The van der Waals surface area contributed by atoms with Gasteiger partial charge in [0, 0.05) is 5.69 Å². The highest BCUT2D eigenvalue weighted by atomic mass is 79.9. The Kier molecular flexibility index (Phi) is 3.47. The molecule has 2 N–H and O–H groups in total. The normalized spacial score (nSPS) is 17.8. The third-order valence-corrected chi connectivity index (χ3v) is 4.16. The predicted octanol–water partition coefficient (Wildman–Crippen LogP) is 4.49. The van der Waals surface area contributed by atoms with E-state index in [2.05, 4.69) is 40.2 Å². The fourth-order valence-corrected chi connectivity index (χ4v) is 3.09. The van der Waals surface area contributed by atoms with Crippen molar-refractivity contribution in [2.24, 2.45) is 0 Å². The van der Waals surface area contributed by atoms with Gasteiger partial charge in [0.15, 0.2) is 0 Å². The summed E-state index contributed by atoms with van der Waals surface area (Å²) >= 11 is 3.51. The Hall–Kier alpha value is -1.48. The van der Waals surface area contributed by atoms with E-state index >= 15 is 0 Å². The molecule has 0 bridgehead atoms. The van der Waals surface area contributed by atoms with Gasteiger partial charge in [0.1, 0.15) is 11.9 Å². The first kappa shape index (κ1) is 12.5. The molecule has 1 unspecified atom stereocenters. The molecule has 0 saturated heterocycles. The highest BCUT2D eigenvalue weighted by Crippen LogP contribution is 2.36. The Morgan fingerprint density at radius 3 is 2.84 bits per heavy atom. The van der Waals surface area contributed by atoms with E-state index in [1.807, 2.05) is 18.2 Å². The van der Waals surface area contributed by atoms with E-state index in [1.54, 1.807) is 0 Å². The molecule has 2 nitrogen and oxygen atoms in total. The summed E-state index contributed by atoms with van der Waals surface area (Å²) in [5.41, 5.74) is 9.22. The highest BCUT2D eigenvalue weighted by molar-refractivity contribution is 9.10. The molecule has 0 spiro atoms. The molecule has 1 atom stereocenters. The van der Waals surface area contributed by atoms with Crippen molar-refractivity contribution in [3.05, 3.63) is 58.1 Å². The zero-order chi connectivity index (χ0) is 13.2. The van der Waals surface area contributed by atoms with Crippen LogP contribution in [0.25, 0.3) is 0 Å². The third kappa shape index (κ3) is 2.61. The smallest absolute Gasteiger partial charge is 0.134 e. The first-order chi connectivity index (χ1) is 9.24. The van der Waals surface area contributed by atoms with E-state index in [1.165, 1.54) is 17.5 Å². The maximum Gasteiger partial charge on any atom is 0.134 e. The van der Waals surface area contributed by atoms with Gasteiger partial charge in [0.05, 0.1) is 4.47 Å². The molecule has 1 aliphatic rings. The Morgan fingerprint density at radius 1 is 1.16 bits per heavy atom. The van der Waals surface area contributed by atoms with Gasteiger partial charge in [0.2, 0.25) is 0 Å². The number of benzene rings is 2. The summed E-state index contributed by atoms with van der Waals surface area (Å²) in [6.45, 7) is 0. The van der Waals surface area contributed by atoms with Gasteiger partial charge >= 0.3 is 0 Å². The molecule has 0 aliphatic heterocycles. The summed E-state index contributed by atoms with van der Waals surface area (Å²) in [4.78, 5) is 0. The van der Waals surface area contributed by atoms with Crippen LogP contribution in [0.15, 0.2) is 46.9 Å². The van der Waals surface area contributed by atoms with Crippen LogP contribution in [-0.4, -0.2) is 0 Å². The van der Waals surface area contributed by atoms with Crippen LogP contribution in [-0.2, 0) is 6.42 Å². The molecule has 19 heavy (non-hydrogen) atoms. The first-order valence-electron chi connectivity index (χ1n) is 6.53. The second-order valence-electron chi connectivity index (χ2n) is 4.89. The predicted molar refractivity (Wildman–Crippen MR) is 81.3 cm³/mol. The van der Waals surface area contributed by atoms with Crippen LogP contribution in [0.1, 0.15) is 30.1 Å². The molecule has 0 amide bonds. The van der Waals surface area contributed by atoms with Crippen LogP contribution in [0.3, 0.4) is 0 Å². The summed E-state index contributed by atoms with van der Waals surface area (Å²) < 4.78 is 7.08. The van der Waals surface area contributed by atoms with Crippen molar-refractivity contribution in [2.75, 3.05) is 5.73 Å². The fourth-order valence-electron chi connectivity index (χ4n) is 2.60. The monoisotopic (exact) mass is 317 g/mol. The summed E-state index contributed by atoms with van der Waals surface area (Å²) in [5, 5.41) is 0. The van der Waals surface area contributed by atoms with Gasteiger partial charge < -0.3 is 10.5 Å². The lowest BCUT2D eigenvalue weighted by atomic mass is 9.89. The van der Waals surface area contributed by atoms with Crippen molar-refractivity contribution >= 4 is 21.6 Å². The Bertz CT molecular complexity index is 597. The highest BCUT2D eigenvalue weighted by Gasteiger charge is 2.21. The minimum Gasteiger partial charge on any atom is -0.485 e. The molecule has 0 aromatic heterocycles. The zero-order valence-corrected chi connectivity index (χ0v) is 12.2. The number of fused-ring (bicyclic) bond motifs is 1. The van der Waals surface area contributed by atoms with E-state index < -0.39 is 0 Å². The molecule has 98 valence electrons. The van der Waals surface area contributed by atoms with E-state index in [9.17, 15) is 0 Å². The summed E-state index contributed by atoms with van der Waals surface area (Å²) in [6, 6.07) is 14.2. The lowest BCUT2D eigenvalue weighted by molar-refractivity contribution is 0.182. The summed E-state index contributed by atoms with van der Waals surface area (Å²) in [6.07, 6.45) is 3.53. The number of nitrogens with two attached hydrogens (primary N) is 1. The average Bonchev–Trinajstić information content (AvgIpc) is 2.42. The molecular formula is C16H16BrNO. The van der Waals surface area contributed by atoms with E-state index in [0.29, 0.717) is 0 Å². The van der Waals surface area contributed by atoms with Crippen molar-refractivity contribution in [1.82, 2.24) is 0 Å². The van der Waals surface area contributed by atoms with E-state index in [-0.39, 0.29) is 6.10 Å². The van der Waals surface area contributed by atoms with Crippen LogP contribution in [0.5, 0.6) is 5.75 Å². The SMILES string of the molecule is Nc1ccc(OC2CCCc3ccccc32)c(Br)c1. The number of hydrogen-bond acceptors (Lipinski definition) is 2. The van der Waals surface area contributed by atoms with Crippen molar-refractivity contribution in [3.63, 3.8) is 0 Å². The maximum absolute atomic E-state index is 6.17. The quantitative estimate of drug-likeness (QED) is 0.828. The Labute approximate surface area is 121 Å². The van der Waals surface area contributed by atoms with Crippen molar-refractivity contribution in [1.29, 1.82) is 0 Å². The van der Waals surface area contributed by atoms with Gasteiger partial charge in [-0.1, -0.05) is 24.3 Å². The summed E-state index contributed by atoms with van der Waals surface area (Å²) in [7, 11) is 0. The van der Waals surface area contributed by atoms with Crippen molar-refractivity contribution < 1.29 is 4.74 Å². The lowest BCUT2D eigenvalue weighted by Gasteiger charge is -2.26. The first-order valence-corrected chi connectivity index (χ1v) is 7.33. The van der Waals surface area contributed by atoms with Crippen molar-refractivity contribution in [2.45, 2.75) is 25.4 Å². The molecular weight excluding hydrogens is 302 g/mol. The van der Waals surface area contributed by atoms with Gasteiger partial charge in [-0.2, -0.15) is 0 Å². The number of hydrogen-bond donors (Lipinski definition) is 1. The van der Waals surface area contributed by atoms with Crippen molar-refractivity contribution in [3.8, 4) is 5.75 Å².